The van der Waals surface area contributed by atoms with Crippen LogP contribution in [-0.2, 0) is 76.7 Å². The number of thiol groups is 2. The molecule has 2 heterocycles. The molecule has 103 heavy (non-hydrogen) atoms. The van der Waals surface area contributed by atoms with Crippen molar-refractivity contribution in [3.63, 3.8) is 0 Å². The van der Waals surface area contributed by atoms with E-state index in [2.05, 4.69) is 69.1 Å². The van der Waals surface area contributed by atoms with Crippen LogP contribution in [0.3, 0.4) is 0 Å². The Kier molecular flexibility index (Phi) is 52.8. The van der Waals surface area contributed by atoms with E-state index in [0.29, 0.717) is 17.3 Å². The van der Waals surface area contributed by atoms with Gasteiger partial charge in [0.05, 0.1) is 35.2 Å². The van der Waals surface area contributed by atoms with Crippen LogP contribution in [0.15, 0.2) is 11.6 Å². The van der Waals surface area contributed by atoms with Crippen molar-refractivity contribution in [2.45, 2.75) is 260 Å². The summed E-state index contributed by atoms with van der Waals surface area (Å²) in [7, 11) is 4.04. The van der Waals surface area contributed by atoms with Crippen molar-refractivity contribution in [3.05, 3.63) is 11.6 Å². The number of carbonyl (C=O) groups is 16. The monoisotopic (exact) mass is 1620 g/mol. The van der Waals surface area contributed by atoms with E-state index in [0.717, 1.165) is 75.9 Å². The lowest BCUT2D eigenvalue weighted by Crippen LogP contribution is -2.47. The number of nitrogens with one attached hydrogen (secondary N) is 7. The Hall–Kier alpha value is -3.79. The van der Waals surface area contributed by atoms with Gasteiger partial charge in [-0.15, -0.1) is 11.8 Å². The molecule has 2 saturated heterocycles. The first-order valence-electron chi connectivity index (χ1n) is 33.7. The van der Waals surface area contributed by atoms with Crippen LogP contribution in [0.2, 0.25) is 0 Å². The quantitative estimate of drug-likeness (QED) is 0.0200. The van der Waals surface area contributed by atoms with Crippen molar-refractivity contribution >= 4 is 196 Å². The Morgan fingerprint density at radius 3 is 1.03 bits per heavy atom. The Bertz CT molecular complexity index is 2870. The summed E-state index contributed by atoms with van der Waals surface area (Å²) in [4.78, 5) is 185. The Morgan fingerprint density at radius 1 is 0.437 bits per heavy atom. The highest BCUT2D eigenvalue weighted by atomic mass is 33.1. The summed E-state index contributed by atoms with van der Waals surface area (Å²) >= 11 is 13.4. The third-order valence-electron chi connectivity index (χ3n) is 13.7. The highest BCUT2D eigenvalue weighted by Gasteiger charge is 2.36. The molecule has 2 aliphatic rings. The number of rotatable bonds is 28. The minimum atomic E-state index is -0.834. The number of thioether (sulfide) groups is 5. The first-order valence-corrected chi connectivity index (χ1v) is 42.3. The molecule has 592 valence electrons. The summed E-state index contributed by atoms with van der Waals surface area (Å²) in [5.74, 6) is 1.72. The Balaban J connectivity index is -0.000000582. The lowest BCUT2D eigenvalue weighted by atomic mass is 9.87. The topological polar surface area (TPSA) is 357 Å². The van der Waals surface area contributed by atoms with Gasteiger partial charge < -0.3 is 37.2 Å². The molecule has 0 radical (unpaired) electrons. The minimum Gasteiger partial charge on any atom is -0.370 e. The predicted molar refractivity (Wildman–Crippen MR) is 437 cm³/mol. The summed E-state index contributed by atoms with van der Waals surface area (Å²) in [5, 5.41) is 19.3. The maximum atomic E-state index is 12.4. The van der Waals surface area contributed by atoms with E-state index >= 15 is 0 Å². The van der Waals surface area contributed by atoms with Crippen LogP contribution in [0.25, 0.3) is 0 Å². The van der Waals surface area contributed by atoms with Crippen LogP contribution in [0.1, 0.15) is 212 Å². The molecule has 7 N–H and O–H groups in total. The van der Waals surface area contributed by atoms with Crippen molar-refractivity contribution in [3.8, 4) is 0 Å². The summed E-state index contributed by atoms with van der Waals surface area (Å²) < 4.78 is 0. The molecule has 0 aromatic heterocycles. The average Bonchev–Trinajstić information content (AvgIpc) is 1.80. The zero-order valence-electron chi connectivity index (χ0n) is 65.8. The number of hydrogen-bond donors (Lipinski definition) is 9. The van der Waals surface area contributed by atoms with Crippen LogP contribution in [0.5, 0.6) is 0 Å². The van der Waals surface area contributed by atoms with Gasteiger partial charge in [-0.3, -0.25) is 76.7 Å². The van der Waals surface area contributed by atoms with E-state index in [1.807, 2.05) is 83.9 Å². The van der Waals surface area contributed by atoms with E-state index in [-0.39, 0.29) is 125 Å². The molecule has 0 bridgehead atoms. The smallest absolute Gasteiger partial charge is 0.217 e. The van der Waals surface area contributed by atoms with Gasteiger partial charge in [0, 0.05) is 146 Å². The van der Waals surface area contributed by atoms with Crippen LogP contribution in [-0.4, -0.2) is 184 Å². The number of Topliss-reactive ketones (excluding diaryl/α,β-unsaturated/α-hetero) is 6. The molecule has 8 atom stereocenters. The highest BCUT2D eigenvalue weighted by Crippen LogP contribution is 2.40. The van der Waals surface area contributed by atoms with Gasteiger partial charge in [-0.05, 0) is 19.3 Å². The fourth-order valence-corrected chi connectivity index (χ4v) is 16.0. The van der Waals surface area contributed by atoms with E-state index in [1.165, 1.54) is 80.4 Å². The van der Waals surface area contributed by atoms with Crippen molar-refractivity contribution in [1.82, 2.24) is 37.2 Å². The molecule has 23 nitrogen and oxygen atoms in total. The summed E-state index contributed by atoms with van der Waals surface area (Å²) in [6.07, 6.45) is 5.74. The van der Waals surface area contributed by atoms with Gasteiger partial charge in [-0.25, -0.2) is 0 Å². The first kappa shape index (κ1) is 106. The molecular formula is C71H123N7O16S9. The number of hydrogen-bond acceptors (Lipinski definition) is 26. The third-order valence-corrected chi connectivity index (χ3v) is 22.3. The van der Waals surface area contributed by atoms with Crippen LogP contribution in [0, 0.1) is 32.5 Å². The van der Waals surface area contributed by atoms with E-state index in [4.69, 9.17) is 0 Å². The normalized spacial score (nSPS) is 16.0. The molecular weight excluding hydrogens is 1500 g/mol. The summed E-state index contributed by atoms with van der Waals surface area (Å²) in [5.41, 5.74) is -2.64. The van der Waals surface area contributed by atoms with Gasteiger partial charge >= 0.3 is 0 Å². The minimum absolute atomic E-state index is 0.0118. The fraction of sp³-hybridized carbons (Fsp3) is 0.746. The Morgan fingerprint density at radius 2 is 0.748 bits per heavy atom. The molecule has 0 aliphatic carbocycles. The van der Waals surface area contributed by atoms with Crippen LogP contribution < -0.4 is 37.2 Å². The molecule has 0 saturated carbocycles. The van der Waals surface area contributed by atoms with Gasteiger partial charge in [-0.1, -0.05) is 206 Å². The lowest BCUT2D eigenvalue weighted by Gasteiger charge is -2.25. The number of carbonyl (C=O) groups excluding carboxylic acids is 16. The fourth-order valence-electron chi connectivity index (χ4n) is 8.31. The number of unbranched alkanes of at least 4 members (excludes halogenated alkanes) is 1. The molecule has 0 aromatic rings. The molecule has 0 spiro atoms. The predicted octanol–water partition coefficient (Wildman–Crippen LogP) is 10.5. The molecule has 2 fully saturated rings. The van der Waals surface area contributed by atoms with Gasteiger partial charge in [0.1, 0.15) is 17.9 Å². The standard InChI is InChI=1S/C16H26N2O5S2.C14H24N2O4S2.C12H22OS2.C11H19NO3S.C9H17NO2S.C9H15NOS/c1-9(19)17-12(14(22)16(4,5)6)7-25-15(23)13(18-10(2)20)8-24-11(3)21;1-8(17)15-10(6-21)13(20)22-7-11(16-9(2)18)12(19)14(3,4)5;1-12(2,3)11(13)7-5-4-6-10-8-9-14-15-10;1-7(13)12-9(6-16-8(2)14)10(15)11(3,4)5;1-6(11)10-7(5-13)8(12)9(2,3)4;1-6-10-7(5-12-6)8(11)9(2,3)4/h12-13H,7-8H2,1-6H3,(H,17,19)(H,18,20);10-11,21H,6-7H2,1-5H3,(H,15,17)(H,16,18);10H,4-9H2,1-3H3;9H,6H2,1-5H3,(H,12,13);7,13H,5H2,1-4H3,(H,10,11);7,10H,1,5H2,2-4H3. The van der Waals surface area contributed by atoms with Gasteiger partial charge in [-0.2, -0.15) is 25.3 Å². The van der Waals surface area contributed by atoms with E-state index < -0.39 is 57.9 Å². The number of ketones is 6. The van der Waals surface area contributed by atoms with Gasteiger partial charge in [0.25, 0.3) is 0 Å². The first-order chi connectivity index (χ1) is 46.7. The van der Waals surface area contributed by atoms with Crippen molar-refractivity contribution < 1.29 is 76.7 Å². The maximum absolute atomic E-state index is 12.4. The zero-order valence-corrected chi connectivity index (χ0v) is 73.3. The van der Waals surface area contributed by atoms with E-state index in [9.17, 15) is 76.7 Å². The second kappa shape index (κ2) is 51.5. The number of amides is 6. The van der Waals surface area contributed by atoms with Crippen LogP contribution >= 0.6 is 106 Å². The average molecular weight is 1620 g/mol. The molecule has 6 amide bonds. The highest BCUT2D eigenvalue weighted by molar-refractivity contribution is 8.77. The molecule has 8 unspecified atom stereocenters. The van der Waals surface area contributed by atoms with Crippen molar-refractivity contribution in [2.75, 3.05) is 46.0 Å². The summed E-state index contributed by atoms with van der Waals surface area (Å²) in [6, 6.07) is -4.18. The molecule has 2 aliphatic heterocycles. The van der Waals surface area contributed by atoms with Gasteiger partial charge in [0.2, 0.25) is 45.7 Å². The molecule has 32 heteroatoms. The third kappa shape index (κ3) is 52.8. The molecule has 2 rings (SSSR count). The van der Waals surface area contributed by atoms with Crippen molar-refractivity contribution in [1.29, 1.82) is 0 Å². The second-order valence-corrected chi connectivity index (χ2v) is 39.6. The molecule has 0 aromatic carbocycles. The van der Waals surface area contributed by atoms with E-state index in [1.54, 1.807) is 74.1 Å². The second-order valence-electron chi connectivity index (χ2n) is 30.5. The summed E-state index contributed by atoms with van der Waals surface area (Å²) in [6.45, 7) is 47.8. The van der Waals surface area contributed by atoms with Gasteiger partial charge in [0.15, 0.2) is 39.1 Å². The Labute approximate surface area is 655 Å². The SMILES string of the molecule is C=C1NC(C(=O)C(C)(C)C)CS1.CC(=O)NC(CS)C(=O)C(C)(C)C.CC(=O)NC(CS)C(=O)SCC(NC(C)=O)C(=O)C(C)(C)C.CC(=O)NC(CSC(C)=O)C(=O)C(C)(C)C.CC(=O)NC(CSC(C)=O)C(=O)SCC(NC(C)=O)C(=O)C(C)(C)C.CC(C)(C)C(=O)CCCCC1CCSS1. The maximum Gasteiger partial charge on any atom is 0.217 e. The lowest BCUT2D eigenvalue weighted by molar-refractivity contribution is -0.131. The van der Waals surface area contributed by atoms with Crippen LogP contribution in [0.4, 0.5) is 0 Å². The van der Waals surface area contributed by atoms with Crippen molar-refractivity contribution in [2.24, 2.45) is 32.5 Å². The largest absolute Gasteiger partial charge is 0.370 e. The zero-order chi connectivity index (χ0) is 81.5.